The molecular weight excluding hydrogens is 316 g/mol. The van der Waals surface area contributed by atoms with Crippen LogP contribution in [0.25, 0.3) is 11.0 Å². The lowest BCUT2D eigenvalue weighted by molar-refractivity contribution is -0.115. The normalized spacial score (nSPS) is 13.0. The first-order chi connectivity index (χ1) is 11.9. The molecule has 3 aromatic rings. The van der Waals surface area contributed by atoms with Gasteiger partial charge in [-0.15, -0.1) is 0 Å². The van der Waals surface area contributed by atoms with Gasteiger partial charge in [0.15, 0.2) is 5.76 Å². The minimum absolute atomic E-state index is 0.0300. The highest BCUT2D eigenvalue weighted by molar-refractivity contribution is 6.07. The molecule has 4 rings (SSSR count). The fourth-order valence-corrected chi connectivity index (χ4v) is 3.39. The van der Waals surface area contributed by atoms with Crippen LogP contribution in [0.3, 0.4) is 0 Å². The number of carbonyl (C=O) groups is 2. The van der Waals surface area contributed by atoms with Gasteiger partial charge < -0.3 is 15.1 Å². The third-order valence-electron chi connectivity index (χ3n) is 4.68. The second kappa shape index (κ2) is 5.48. The standard InChI is InChI=1S/C20H18N2O3/c1-10-4-5-11(2)18-17(10)12(3)19(25-18)20(24)21-14-6-7-15-13(8-14)9-16(23)22-15/h4-8H,9H2,1-3H3,(H,21,24)(H,22,23). The first kappa shape index (κ1) is 15.4. The molecule has 0 saturated heterocycles. The minimum Gasteiger partial charge on any atom is -0.450 e. The fraction of sp³-hybridized carbons (Fsp3) is 0.200. The van der Waals surface area contributed by atoms with Crippen LogP contribution >= 0.6 is 0 Å². The Morgan fingerprint density at radius 1 is 1.12 bits per heavy atom. The SMILES string of the molecule is Cc1ccc(C)c2c(C)c(C(=O)Nc3ccc4c(c3)CC(=O)N4)oc12. The van der Waals surface area contributed by atoms with E-state index in [0.717, 1.165) is 38.9 Å². The Morgan fingerprint density at radius 3 is 2.64 bits per heavy atom. The van der Waals surface area contributed by atoms with E-state index in [4.69, 9.17) is 4.42 Å². The Hall–Kier alpha value is -3.08. The molecule has 0 atom stereocenters. The quantitative estimate of drug-likeness (QED) is 0.741. The molecule has 2 amide bonds. The molecule has 0 bridgehead atoms. The molecule has 2 heterocycles. The van der Waals surface area contributed by atoms with E-state index < -0.39 is 0 Å². The molecule has 5 heteroatoms. The van der Waals surface area contributed by atoms with Crippen molar-refractivity contribution < 1.29 is 14.0 Å². The lowest BCUT2D eigenvalue weighted by Crippen LogP contribution is -2.12. The van der Waals surface area contributed by atoms with Crippen LogP contribution in [0.5, 0.6) is 0 Å². The van der Waals surface area contributed by atoms with Gasteiger partial charge in [-0.1, -0.05) is 12.1 Å². The van der Waals surface area contributed by atoms with Gasteiger partial charge in [0, 0.05) is 22.3 Å². The van der Waals surface area contributed by atoms with Crippen LogP contribution in [0.1, 0.15) is 32.8 Å². The summed E-state index contributed by atoms with van der Waals surface area (Å²) < 4.78 is 5.88. The molecule has 1 aliphatic rings. The zero-order valence-corrected chi connectivity index (χ0v) is 14.3. The molecule has 0 radical (unpaired) electrons. The molecule has 0 aliphatic carbocycles. The van der Waals surface area contributed by atoms with Gasteiger partial charge >= 0.3 is 0 Å². The van der Waals surface area contributed by atoms with Crippen molar-refractivity contribution >= 4 is 34.2 Å². The van der Waals surface area contributed by atoms with Crippen molar-refractivity contribution in [3.8, 4) is 0 Å². The molecular formula is C20H18N2O3. The minimum atomic E-state index is -0.287. The summed E-state index contributed by atoms with van der Waals surface area (Å²) in [5.74, 6) is 0.00406. The van der Waals surface area contributed by atoms with Gasteiger partial charge in [0.1, 0.15) is 5.58 Å². The maximum absolute atomic E-state index is 12.7. The van der Waals surface area contributed by atoms with Crippen LogP contribution in [0, 0.1) is 20.8 Å². The molecule has 1 aliphatic heterocycles. The largest absolute Gasteiger partial charge is 0.450 e. The zero-order valence-electron chi connectivity index (χ0n) is 14.3. The van der Waals surface area contributed by atoms with Gasteiger partial charge in [0.2, 0.25) is 5.91 Å². The van der Waals surface area contributed by atoms with Crippen molar-refractivity contribution in [1.82, 2.24) is 0 Å². The number of nitrogens with one attached hydrogen (secondary N) is 2. The number of anilines is 2. The van der Waals surface area contributed by atoms with Crippen molar-refractivity contribution in [2.24, 2.45) is 0 Å². The first-order valence-electron chi connectivity index (χ1n) is 8.17. The smallest absolute Gasteiger partial charge is 0.291 e. The highest BCUT2D eigenvalue weighted by Crippen LogP contribution is 2.31. The average molecular weight is 334 g/mol. The predicted octanol–water partition coefficient (Wildman–Crippen LogP) is 4.10. The number of rotatable bonds is 2. The first-order valence-corrected chi connectivity index (χ1v) is 8.17. The number of furan rings is 1. The van der Waals surface area contributed by atoms with Crippen molar-refractivity contribution in [3.63, 3.8) is 0 Å². The lowest BCUT2D eigenvalue weighted by atomic mass is 10.0. The van der Waals surface area contributed by atoms with Gasteiger partial charge in [-0.3, -0.25) is 9.59 Å². The van der Waals surface area contributed by atoms with Crippen molar-refractivity contribution in [2.75, 3.05) is 10.6 Å². The van der Waals surface area contributed by atoms with Gasteiger partial charge in [0.25, 0.3) is 5.91 Å². The third-order valence-corrected chi connectivity index (χ3v) is 4.68. The van der Waals surface area contributed by atoms with E-state index >= 15 is 0 Å². The maximum atomic E-state index is 12.7. The molecule has 2 aromatic carbocycles. The second-order valence-corrected chi connectivity index (χ2v) is 6.51. The number of hydrogen-bond acceptors (Lipinski definition) is 3. The fourth-order valence-electron chi connectivity index (χ4n) is 3.39. The van der Waals surface area contributed by atoms with E-state index in [1.807, 2.05) is 39.0 Å². The van der Waals surface area contributed by atoms with Crippen LogP contribution in [0.15, 0.2) is 34.7 Å². The molecule has 25 heavy (non-hydrogen) atoms. The molecule has 5 nitrogen and oxygen atoms in total. The molecule has 0 saturated carbocycles. The Labute approximate surface area is 145 Å². The van der Waals surface area contributed by atoms with Crippen LogP contribution in [0.2, 0.25) is 0 Å². The molecule has 1 aromatic heterocycles. The summed E-state index contributed by atoms with van der Waals surface area (Å²) in [4.78, 5) is 24.2. The Balaban J connectivity index is 1.68. The molecule has 0 spiro atoms. The number of benzene rings is 2. The van der Waals surface area contributed by atoms with Crippen LogP contribution in [-0.4, -0.2) is 11.8 Å². The molecule has 0 fully saturated rings. The number of hydrogen-bond donors (Lipinski definition) is 2. The summed E-state index contributed by atoms with van der Waals surface area (Å²) in [5.41, 5.74) is 6.02. The van der Waals surface area contributed by atoms with E-state index in [1.165, 1.54) is 0 Å². The highest BCUT2D eigenvalue weighted by atomic mass is 16.3. The average Bonchev–Trinajstić information content (AvgIpc) is 3.11. The summed E-state index contributed by atoms with van der Waals surface area (Å²) in [6.45, 7) is 5.88. The van der Waals surface area contributed by atoms with E-state index in [0.29, 0.717) is 17.9 Å². The molecule has 2 N–H and O–H groups in total. The number of carbonyl (C=O) groups excluding carboxylic acids is 2. The number of fused-ring (bicyclic) bond motifs is 2. The third kappa shape index (κ3) is 2.48. The molecule has 126 valence electrons. The maximum Gasteiger partial charge on any atom is 0.291 e. The van der Waals surface area contributed by atoms with Crippen molar-refractivity contribution in [2.45, 2.75) is 27.2 Å². The summed E-state index contributed by atoms with van der Waals surface area (Å²) in [6.07, 6.45) is 0.334. The monoisotopic (exact) mass is 334 g/mol. The predicted molar refractivity (Wildman–Crippen MR) is 97.2 cm³/mol. The summed E-state index contributed by atoms with van der Waals surface area (Å²) >= 11 is 0. The van der Waals surface area contributed by atoms with Gasteiger partial charge in [-0.05, 0) is 55.7 Å². The highest BCUT2D eigenvalue weighted by Gasteiger charge is 2.22. The van der Waals surface area contributed by atoms with Crippen LogP contribution in [0.4, 0.5) is 11.4 Å². The van der Waals surface area contributed by atoms with E-state index in [2.05, 4.69) is 10.6 Å². The summed E-state index contributed by atoms with van der Waals surface area (Å²) in [6, 6.07) is 9.42. The van der Waals surface area contributed by atoms with Crippen molar-refractivity contribution in [1.29, 1.82) is 0 Å². The van der Waals surface area contributed by atoms with Gasteiger partial charge in [0.05, 0.1) is 6.42 Å². The van der Waals surface area contributed by atoms with E-state index in [1.54, 1.807) is 12.1 Å². The Kier molecular flexibility index (Phi) is 3.39. The molecule has 0 unspecified atom stereocenters. The summed E-state index contributed by atoms with van der Waals surface area (Å²) in [7, 11) is 0. The summed E-state index contributed by atoms with van der Waals surface area (Å²) in [5, 5.41) is 6.64. The lowest BCUT2D eigenvalue weighted by Gasteiger charge is -2.06. The number of aryl methyl sites for hydroxylation is 3. The Bertz CT molecular complexity index is 1050. The van der Waals surface area contributed by atoms with Gasteiger partial charge in [-0.25, -0.2) is 0 Å². The Morgan fingerprint density at radius 2 is 1.88 bits per heavy atom. The zero-order chi connectivity index (χ0) is 17.7. The van der Waals surface area contributed by atoms with E-state index in [9.17, 15) is 9.59 Å². The second-order valence-electron chi connectivity index (χ2n) is 6.51. The topological polar surface area (TPSA) is 71.3 Å². The van der Waals surface area contributed by atoms with Crippen molar-refractivity contribution in [3.05, 3.63) is 58.3 Å². The van der Waals surface area contributed by atoms with Crippen LogP contribution in [-0.2, 0) is 11.2 Å². The van der Waals surface area contributed by atoms with Crippen LogP contribution < -0.4 is 10.6 Å². The van der Waals surface area contributed by atoms with E-state index in [-0.39, 0.29) is 11.8 Å². The van der Waals surface area contributed by atoms with Gasteiger partial charge in [-0.2, -0.15) is 0 Å². The number of amides is 2.